The molecule has 0 radical (unpaired) electrons. The topological polar surface area (TPSA) is 38.3 Å². The van der Waals surface area contributed by atoms with Crippen molar-refractivity contribution >= 4 is 28.8 Å². The van der Waals surface area contributed by atoms with Crippen LogP contribution in [0.3, 0.4) is 0 Å². The Morgan fingerprint density at radius 2 is 2.13 bits per heavy atom. The second-order valence-electron chi connectivity index (χ2n) is 5.97. The molecule has 1 saturated carbocycles. The van der Waals surface area contributed by atoms with Crippen molar-refractivity contribution in [2.75, 3.05) is 0 Å². The highest BCUT2D eigenvalue weighted by atomic mass is 35.5. The molecule has 1 aliphatic carbocycles. The molecule has 2 aromatic rings. The van der Waals surface area contributed by atoms with Crippen LogP contribution in [0.1, 0.15) is 46.5 Å². The van der Waals surface area contributed by atoms with Crippen LogP contribution < -0.4 is 10.1 Å². The van der Waals surface area contributed by atoms with Gasteiger partial charge in [0.2, 0.25) is 0 Å². The summed E-state index contributed by atoms with van der Waals surface area (Å²) in [6.45, 7) is 2.42. The maximum atomic E-state index is 12.2. The Bertz CT molecular complexity index is 692. The SMILES string of the molecule is Cc1cc(Cl)ccc1OCc1csc(C(=O)NC2CCCC2)c1. The summed E-state index contributed by atoms with van der Waals surface area (Å²) >= 11 is 7.41. The van der Waals surface area contributed by atoms with E-state index in [1.165, 1.54) is 24.2 Å². The predicted octanol–water partition coefficient (Wildman–Crippen LogP) is 4.96. The number of thiophene rings is 1. The van der Waals surface area contributed by atoms with E-state index in [-0.39, 0.29) is 5.91 Å². The normalized spacial score (nSPS) is 14.9. The molecule has 1 fully saturated rings. The first-order valence-electron chi connectivity index (χ1n) is 7.89. The molecule has 0 spiro atoms. The van der Waals surface area contributed by atoms with E-state index in [0.29, 0.717) is 17.7 Å². The maximum Gasteiger partial charge on any atom is 0.261 e. The molecule has 1 aliphatic rings. The molecule has 1 N–H and O–H groups in total. The van der Waals surface area contributed by atoms with E-state index in [1.54, 1.807) is 0 Å². The van der Waals surface area contributed by atoms with Crippen LogP contribution in [0, 0.1) is 6.92 Å². The van der Waals surface area contributed by atoms with Gasteiger partial charge in [-0.1, -0.05) is 24.4 Å². The molecule has 0 aliphatic heterocycles. The summed E-state index contributed by atoms with van der Waals surface area (Å²) in [5.41, 5.74) is 2.02. The number of halogens is 1. The van der Waals surface area contributed by atoms with Crippen LogP contribution in [-0.4, -0.2) is 11.9 Å². The third kappa shape index (κ3) is 4.27. The molecular formula is C18H20ClNO2S. The minimum atomic E-state index is 0.0378. The fourth-order valence-corrected chi connectivity index (χ4v) is 3.86. The highest BCUT2D eigenvalue weighted by Gasteiger charge is 2.19. The summed E-state index contributed by atoms with van der Waals surface area (Å²) in [7, 11) is 0. The number of rotatable bonds is 5. The molecule has 5 heteroatoms. The summed E-state index contributed by atoms with van der Waals surface area (Å²) in [5, 5.41) is 5.80. The highest BCUT2D eigenvalue weighted by molar-refractivity contribution is 7.12. The zero-order valence-electron chi connectivity index (χ0n) is 13.1. The molecule has 3 rings (SSSR count). The third-order valence-corrected chi connectivity index (χ3v) is 5.31. The smallest absolute Gasteiger partial charge is 0.261 e. The van der Waals surface area contributed by atoms with E-state index in [0.717, 1.165) is 34.6 Å². The Morgan fingerprint density at radius 3 is 2.87 bits per heavy atom. The van der Waals surface area contributed by atoms with Crippen molar-refractivity contribution in [2.24, 2.45) is 0 Å². The number of amides is 1. The Balaban J connectivity index is 1.57. The minimum Gasteiger partial charge on any atom is -0.489 e. The van der Waals surface area contributed by atoms with Crippen molar-refractivity contribution in [3.05, 3.63) is 50.7 Å². The summed E-state index contributed by atoms with van der Waals surface area (Å²) in [6, 6.07) is 7.84. The molecule has 23 heavy (non-hydrogen) atoms. The lowest BCUT2D eigenvalue weighted by Gasteiger charge is -2.10. The molecule has 1 aromatic carbocycles. The van der Waals surface area contributed by atoms with Gasteiger partial charge in [0.25, 0.3) is 5.91 Å². The number of nitrogens with one attached hydrogen (secondary N) is 1. The minimum absolute atomic E-state index is 0.0378. The van der Waals surface area contributed by atoms with Gasteiger partial charge < -0.3 is 10.1 Å². The molecular weight excluding hydrogens is 330 g/mol. The van der Waals surface area contributed by atoms with Crippen molar-refractivity contribution in [3.8, 4) is 5.75 Å². The first-order valence-corrected chi connectivity index (χ1v) is 9.15. The van der Waals surface area contributed by atoms with Crippen molar-refractivity contribution in [2.45, 2.75) is 45.3 Å². The number of hydrogen-bond acceptors (Lipinski definition) is 3. The Labute approximate surface area is 145 Å². The van der Waals surface area contributed by atoms with Crippen molar-refractivity contribution in [1.82, 2.24) is 5.32 Å². The molecule has 0 saturated heterocycles. The van der Waals surface area contributed by atoms with Crippen LogP contribution in [-0.2, 0) is 6.61 Å². The fraction of sp³-hybridized carbons (Fsp3) is 0.389. The molecule has 1 heterocycles. The molecule has 122 valence electrons. The number of carbonyl (C=O) groups is 1. The van der Waals surface area contributed by atoms with Crippen LogP contribution in [0.5, 0.6) is 5.75 Å². The van der Waals surface area contributed by atoms with Gasteiger partial charge in [-0.25, -0.2) is 0 Å². The quantitative estimate of drug-likeness (QED) is 0.828. The molecule has 0 atom stereocenters. The number of aryl methyl sites for hydroxylation is 1. The van der Waals surface area contributed by atoms with E-state index >= 15 is 0 Å². The van der Waals surface area contributed by atoms with E-state index in [1.807, 2.05) is 36.6 Å². The second kappa shape index (κ2) is 7.37. The largest absolute Gasteiger partial charge is 0.489 e. The van der Waals surface area contributed by atoms with Crippen LogP contribution in [0.4, 0.5) is 0 Å². The lowest BCUT2D eigenvalue weighted by molar-refractivity contribution is 0.0942. The van der Waals surface area contributed by atoms with Gasteiger partial charge in [0, 0.05) is 16.6 Å². The summed E-state index contributed by atoms with van der Waals surface area (Å²) < 4.78 is 5.82. The van der Waals surface area contributed by atoms with Gasteiger partial charge in [-0.15, -0.1) is 11.3 Å². The Morgan fingerprint density at radius 1 is 1.35 bits per heavy atom. The summed E-state index contributed by atoms with van der Waals surface area (Å²) in [6.07, 6.45) is 4.63. The Kier molecular flexibility index (Phi) is 5.23. The monoisotopic (exact) mass is 349 g/mol. The first-order chi connectivity index (χ1) is 11.1. The maximum absolute atomic E-state index is 12.2. The average molecular weight is 350 g/mol. The molecule has 1 amide bonds. The Hall–Kier alpha value is -1.52. The van der Waals surface area contributed by atoms with Gasteiger partial charge in [0.15, 0.2) is 0 Å². The van der Waals surface area contributed by atoms with Gasteiger partial charge in [0.1, 0.15) is 12.4 Å². The van der Waals surface area contributed by atoms with Gasteiger partial charge in [-0.2, -0.15) is 0 Å². The second-order valence-corrected chi connectivity index (χ2v) is 7.32. The third-order valence-electron chi connectivity index (χ3n) is 4.10. The van der Waals surface area contributed by atoms with E-state index in [9.17, 15) is 4.79 Å². The van der Waals surface area contributed by atoms with Crippen LogP contribution in [0.15, 0.2) is 29.6 Å². The zero-order valence-corrected chi connectivity index (χ0v) is 14.7. The average Bonchev–Trinajstić information content (AvgIpc) is 3.17. The van der Waals surface area contributed by atoms with E-state index in [2.05, 4.69) is 5.32 Å². The van der Waals surface area contributed by atoms with Gasteiger partial charge in [-0.3, -0.25) is 4.79 Å². The first kappa shape index (κ1) is 16.3. The number of ether oxygens (including phenoxy) is 1. The molecule has 3 nitrogen and oxygen atoms in total. The van der Waals surface area contributed by atoms with Crippen LogP contribution in [0.2, 0.25) is 5.02 Å². The van der Waals surface area contributed by atoms with Crippen LogP contribution >= 0.6 is 22.9 Å². The van der Waals surface area contributed by atoms with E-state index < -0.39 is 0 Å². The molecule has 1 aromatic heterocycles. The molecule has 0 bridgehead atoms. The van der Waals surface area contributed by atoms with Gasteiger partial charge >= 0.3 is 0 Å². The van der Waals surface area contributed by atoms with Crippen LogP contribution in [0.25, 0.3) is 0 Å². The number of carbonyl (C=O) groups excluding carboxylic acids is 1. The fourth-order valence-electron chi connectivity index (χ4n) is 2.83. The van der Waals surface area contributed by atoms with Crippen molar-refractivity contribution in [1.29, 1.82) is 0 Å². The lowest BCUT2D eigenvalue weighted by atomic mass is 10.2. The van der Waals surface area contributed by atoms with E-state index in [4.69, 9.17) is 16.3 Å². The lowest BCUT2D eigenvalue weighted by Crippen LogP contribution is -2.31. The van der Waals surface area contributed by atoms with Crippen molar-refractivity contribution < 1.29 is 9.53 Å². The highest BCUT2D eigenvalue weighted by Crippen LogP contribution is 2.24. The number of benzene rings is 1. The summed E-state index contributed by atoms with van der Waals surface area (Å²) in [4.78, 5) is 13.0. The predicted molar refractivity (Wildman–Crippen MR) is 94.6 cm³/mol. The molecule has 0 unspecified atom stereocenters. The van der Waals surface area contributed by atoms with Gasteiger partial charge in [-0.05, 0) is 55.0 Å². The standard InChI is InChI=1S/C18H20ClNO2S/c1-12-8-14(19)6-7-16(12)22-10-13-9-17(23-11-13)18(21)20-15-4-2-3-5-15/h6-9,11,15H,2-5,10H2,1H3,(H,20,21). The zero-order chi connectivity index (χ0) is 16.2. The number of hydrogen-bond donors (Lipinski definition) is 1. The van der Waals surface area contributed by atoms with Gasteiger partial charge in [0.05, 0.1) is 4.88 Å². The van der Waals surface area contributed by atoms with Crippen molar-refractivity contribution in [3.63, 3.8) is 0 Å². The summed E-state index contributed by atoms with van der Waals surface area (Å²) in [5.74, 6) is 0.855.